The summed E-state index contributed by atoms with van der Waals surface area (Å²) >= 11 is 0. The number of nitrogens with one attached hydrogen (secondary N) is 2. The van der Waals surface area contributed by atoms with E-state index in [2.05, 4.69) is 5.09 Å². The average molecular weight is 529 g/mol. The Hall–Kier alpha value is -2.83. The fourth-order valence-corrected chi connectivity index (χ4v) is 4.97. The fourth-order valence-electron chi connectivity index (χ4n) is 3.47. The van der Waals surface area contributed by atoms with E-state index in [1.54, 1.807) is 32.0 Å². The van der Waals surface area contributed by atoms with Gasteiger partial charge < -0.3 is 19.1 Å². The van der Waals surface area contributed by atoms with Gasteiger partial charge in [0.05, 0.1) is 12.7 Å². The molecule has 0 spiro atoms. The molecule has 1 aromatic heterocycles. The van der Waals surface area contributed by atoms with Gasteiger partial charge in [0.2, 0.25) is 0 Å². The zero-order chi connectivity index (χ0) is 26.7. The number of halogens is 1. The molecule has 2 heterocycles. The van der Waals surface area contributed by atoms with Crippen LogP contribution in [0.15, 0.2) is 52.2 Å². The number of hydrogen-bond acceptors (Lipinski definition) is 9. The lowest BCUT2D eigenvalue weighted by Gasteiger charge is -2.25. The molecule has 2 unspecified atom stereocenters. The van der Waals surface area contributed by atoms with E-state index in [-0.39, 0.29) is 5.75 Å². The molecule has 0 saturated carbocycles. The van der Waals surface area contributed by atoms with Crippen molar-refractivity contribution in [1.82, 2.24) is 14.6 Å². The normalized spacial score (nSPS) is 26.4. The Morgan fingerprint density at radius 3 is 2.56 bits per heavy atom. The first kappa shape index (κ1) is 27.8. The van der Waals surface area contributed by atoms with Crippen molar-refractivity contribution in [3.05, 3.63) is 63.4 Å². The first-order valence-corrected chi connectivity index (χ1v) is 12.7. The van der Waals surface area contributed by atoms with Crippen LogP contribution in [0.1, 0.15) is 33.9 Å². The lowest BCUT2D eigenvalue weighted by Crippen LogP contribution is -2.43. The third-order valence-corrected chi connectivity index (χ3v) is 6.90. The molecule has 3 N–H and O–H groups in total. The summed E-state index contributed by atoms with van der Waals surface area (Å²) in [7, 11) is -4.30. The second kappa shape index (κ2) is 11.1. The van der Waals surface area contributed by atoms with Crippen LogP contribution < -0.4 is 20.9 Å². The number of aromatic nitrogens is 2. The minimum atomic E-state index is -4.30. The maximum absolute atomic E-state index is 15.4. The molecule has 0 bridgehead atoms. The van der Waals surface area contributed by atoms with Crippen molar-refractivity contribution in [2.75, 3.05) is 6.61 Å². The summed E-state index contributed by atoms with van der Waals surface area (Å²) in [6, 6.07) is 7.86. The molecule has 0 radical (unpaired) electrons. The van der Waals surface area contributed by atoms with Crippen LogP contribution >= 0.6 is 7.75 Å². The number of benzene rings is 1. The van der Waals surface area contributed by atoms with Gasteiger partial charge in [0, 0.05) is 12.3 Å². The Kier molecular flexibility index (Phi) is 8.52. The predicted octanol–water partition coefficient (Wildman–Crippen LogP) is 1.66. The zero-order valence-corrected chi connectivity index (χ0v) is 21.0. The lowest BCUT2D eigenvalue weighted by molar-refractivity contribution is -0.149. The molecule has 0 aliphatic carbocycles. The summed E-state index contributed by atoms with van der Waals surface area (Å²) in [5.74, 6) is -0.560. The third kappa shape index (κ3) is 6.48. The van der Waals surface area contributed by atoms with E-state index >= 15 is 4.39 Å². The van der Waals surface area contributed by atoms with E-state index in [0.29, 0.717) is 0 Å². The summed E-state index contributed by atoms with van der Waals surface area (Å²) in [5.41, 5.74) is -4.12. The minimum Gasteiger partial charge on any atom is -0.462 e. The maximum Gasteiger partial charge on any atom is 0.459 e. The molecule has 1 aromatic carbocycles. The van der Waals surface area contributed by atoms with Crippen LogP contribution in [0, 0.1) is 0 Å². The van der Waals surface area contributed by atoms with E-state index < -0.39 is 67.8 Å². The highest BCUT2D eigenvalue weighted by molar-refractivity contribution is 7.52. The first-order valence-electron chi connectivity index (χ1n) is 11.1. The number of alkyl halides is 1. The molecule has 2 aromatic rings. The Morgan fingerprint density at radius 1 is 1.28 bits per heavy atom. The highest BCUT2D eigenvalue weighted by Gasteiger charge is 2.55. The van der Waals surface area contributed by atoms with Crippen molar-refractivity contribution in [3.8, 4) is 5.75 Å². The number of aromatic amines is 1. The number of para-hydroxylation sites is 1. The van der Waals surface area contributed by atoms with E-state index in [4.69, 9.17) is 18.5 Å². The topological polar surface area (TPSA) is 158 Å². The smallest absolute Gasteiger partial charge is 0.459 e. The Bertz CT molecular complexity index is 1220. The van der Waals surface area contributed by atoms with Gasteiger partial charge in [0.25, 0.3) is 5.56 Å². The number of H-pyrrole nitrogens is 1. The molecule has 14 heteroatoms. The molecular weight excluding hydrogens is 500 g/mol. The fraction of sp³-hybridized carbons (Fsp3) is 0.500. The van der Waals surface area contributed by atoms with Crippen LogP contribution in [0.4, 0.5) is 4.39 Å². The lowest BCUT2D eigenvalue weighted by atomic mass is 9.98. The van der Waals surface area contributed by atoms with Crippen molar-refractivity contribution in [3.63, 3.8) is 0 Å². The number of rotatable bonds is 10. The molecule has 1 fully saturated rings. The van der Waals surface area contributed by atoms with E-state index in [0.717, 1.165) is 23.8 Å². The average Bonchev–Trinajstić information content (AvgIpc) is 3.01. The summed E-state index contributed by atoms with van der Waals surface area (Å²) in [6.45, 7) is 5.07. The van der Waals surface area contributed by atoms with E-state index in [9.17, 15) is 24.1 Å². The van der Waals surface area contributed by atoms with Gasteiger partial charge in [-0.25, -0.2) is 13.8 Å². The molecule has 1 saturated heterocycles. The van der Waals surface area contributed by atoms with Crippen LogP contribution in [-0.4, -0.2) is 57.3 Å². The number of nitrogens with zero attached hydrogens (tertiary/aromatic N) is 1. The summed E-state index contributed by atoms with van der Waals surface area (Å²) in [6.07, 6.45) is -4.21. The number of carbonyl (C=O) groups excluding carboxylic acids is 1. The van der Waals surface area contributed by atoms with Crippen LogP contribution in [0.25, 0.3) is 0 Å². The SMILES string of the molecule is CC(C)OC(=O)[C@H](C)N[P@](=O)(OCC1O[C@@H](n2ccc(=O)[nH]c2=O)[C@](C)(F)C1O)Oc1ccccc1. The molecule has 6 atom stereocenters. The van der Waals surface area contributed by atoms with Gasteiger partial charge in [0.1, 0.15) is 24.0 Å². The van der Waals surface area contributed by atoms with Crippen molar-refractivity contribution in [2.24, 2.45) is 0 Å². The molecule has 3 rings (SSSR count). The van der Waals surface area contributed by atoms with Gasteiger partial charge in [-0.05, 0) is 39.8 Å². The van der Waals surface area contributed by atoms with Crippen LogP contribution in [-0.2, 0) is 23.4 Å². The number of esters is 1. The maximum atomic E-state index is 15.4. The van der Waals surface area contributed by atoms with Crippen molar-refractivity contribution in [2.45, 2.75) is 63.9 Å². The number of aliphatic hydroxyl groups is 1. The molecular formula is C22H29FN3O9P. The molecule has 198 valence electrons. The minimum absolute atomic E-state index is 0.152. The third-order valence-electron chi connectivity index (χ3n) is 5.26. The second-order valence-corrected chi connectivity index (χ2v) is 10.4. The molecule has 0 amide bonds. The van der Waals surface area contributed by atoms with Crippen molar-refractivity contribution in [1.29, 1.82) is 0 Å². The molecule has 1 aliphatic heterocycles. The van der Waals surface area contributed by atoms with Gasteiger partial charge >= 0.3 is 19.4 Å². The van der Waals surface area contributed by atoms with E-state index in [1.165, 1.54) is 19.1 Å². The van der Waals surface area contributed by atoms with Crippen LogP contribution in [0.2, 0.25) is 0 Å². The van der Waals surface area contributed by atoms with Crippen LogP contribution in [0.5, 0.6) is 5.75 Å². The highest BCUT2D eigenvalue weighted by atomic mass is 31.2. The summed E-state index contributed by atoms with van der Waals surface area (Å²) in [5, 5.41) is 13.0. The summed E-state index contributed by atoms with van der Waals surface area (Å²) < 4.78 is 51.4. The standard InChI is InChI=1S/C22H29FN3O9P/c1-13(2)33-19(29)14(3)25-36(31,35-15-8-6-5-7-9-15)32-12-16-18(28)22(4,23)20(34-16)26-11-10-17(27)24-21(26)30/h5-11,13-14,16,18,20,28H,12H2,1-4H3,(H,25,31)(H,24,27,30)/t14-,16?,18?,20+,22+,36-/m0/s1. The Labute approximate surface area is 205 Å². The van der Waals surface area contributed by atoms with Crippen molar-refractivity contribution >= 4 is 13.7 Å². The Balaban J connectivity index is 1.80. The van der Waals surface area contributed by atoms with Gasteiger partial charge in [-0.1, -0.05) is 18.2 Å². The summed E-state index contributed by atoms with van der Waals surface area (Å²) in [4.78, 5) is 37.7. The van der Waals surface area contributed by atoms with Gasteiger partial charge in [-0.3, -0.25) is 23.7 Å². The van der Waals surface area contributed by atoms with Crippen molar-refractivity contribution < 1.29 is 37.4 Å². The number of carbonyl (C=O) groups is 1. The number of hydrogen-bond donors (Lipinski definition) is 3. The van der Waals surface area contributed by atoms with Gasteiger partial charge in [-0.15, -0.1) is 0 Å². The van der Waals surface area contributed by atoms with Gasteiger partial charge in [0.15, 0.2) is 11.9 Å². The zero-order valence-electron chi connectivity index (χ0n) is 20.1. The van der Waals surface area contributed by atoms with Crippen LogP contribution in [0.3, 0.4) is 0 Å². The largest absolute Gasteiger partial charge is 0.462 e. The number of aliphatic hydroxyl groups excluding tert-OH is 1. The quantitative estimate of drug-likeness (QED) is 0.305. The highest BCUT2D eigenvalue weighted by Crippen LogP contribution is 2.47. The van der Waals surface area contributed by atoms with Gasteiger partial charge in [-0.2, -0.15) is 5.09 Å². The molecule has 12 nitrogen and oxygen atoms in total. The second-order valence-electron chi connectivity index (χ2n) is 8.67. The molecule has 1 aliphatic rings. The monoisotopic (exact) mass is 529 g/mol. The first-order chi connectivity index (χ1) is 16.8. The predicted molar refractivity (Wildman–Crippen MR) is 125 cm³/mol. The van der Waals surface area contributed by atoms with E-state index in [1.807, 2.05) is 4.98 Å². The molecule has 36 heavy (non-hydrogen) atoms. The number of ether oxygens (including phenoxy) is 2. The Morgan fingerprint density at radius 2 is 1.94 bits per heavy atom.